The van der Waals surface area contributed by atoms with Crippen LogP contribution in [0.2, 0.25) is 0 Å². The van der Waals surface area contributed by atoms with Crippen LogP contribution in [0.1, 0.15) is 206 Å². The van der Waals surface area contributed by atoms with Crippen LogP contribution in [0.25, 0.3) is 0 Å². The van der Waals surface area contributed by atoms with Crippen LogP contribution in [0.4, 0.5) is 0 Å². The van der Waals surface area contributed by atoms with Crippen LogP contribution in [0.5, 0.6) is 0 Å². The first-order valence-corrected chi connectivity index (χ1v) is 23.9. The van der Waals surface area contributed by atoms with Crippen LogP contribution in [0, 0.1) is 0 Å². The van der Waals surface area contributed by atoms with Crippen molar-refractivity contribution in [2.75, 3.05) is 54.1 Å². The summed E-state index contributed by atoms with van der Waals surface area (Å²) in [4.78, 5) is 22.8. The van der Waals surface area contributed by atoms with Gasteiger partial charge in [-0.15, -0.1) is 0 Å². The van der Waals surface area contributed by atoms with Gasteiger partial charge in [0.05, 0.1) is 34.4 Å². The highest BCUT2D eigenvalue weighted by Crippen LogP contribution is 2.43. The van der Waals surface area contributed by atoms with E-state index in [4.69, 9.17) is 18.5 Å². The number of hydrogen-bond acceptors (Lipinski definition) is 6. The molecule has 0 aliphatic carbocycles. The second kappa shape index (κ2) is 38.1. The first-order valence-electron chi connectivity index (χ1n) is 22.4. The minimum Gasteiger partial charge on any atom is -0.457 e. The zero-order valence-corrected chi connectivity index (χ0v) is 36.7. The average Bonchev–Trinajstić information content (AvgIpc) is 3.11. The number of phosphoric acid groups is 1. The van der Waals surface area contributed by atoms with E-state index in [0.717, 1.165) is 32.1 Å². The van der Waals surface area contributed by atoms with Gasteiger partial charge in [0, 0.05) is 13.0 Å². The molecule has 0 bridgehead atoms. The van der Waals surface area contributed by atoms with Crippen molar-refractivity contribution in [3.8, 4) is 0 Å². The number of likely N-dealkylation sites (N-methyl/N-ethyl adjacent to an activating group) is 1. The molecule has 0 aromatic rings. The number of quaternary nitrogens is 1. The predicted octanol–water partition coefficient (Wildman–Crippen LogP) is 13.1. The fraction of sp³-hybridized carbons (Fsp3) is 0.932. The molecule has 1 N–H and O–H groups in total. The van der Waals surface area contributed by atoms with Gasteiger partial charge in [0.1, 0.15) is 19.3 Å². The third-order valence-corrected chi connectivity index (χ3v) is 10.8. The number of carbonyl (C=O) groups is 1. The van der Waals surface area contributed by atoms with Crippen molar-refractivity contribution >= 4 is 13.8 Å². The molecule has 0 aromatic heterocycles. The van der Waals surface area contributed by atoms with E-state index in [1.807, 2.05) is 21.1 Å². The number of unbranched alkanes of at least 4 members (excludes halogenated alkanes) is 26. The zero-order valence-electron chi connectivity index (χ0n) is 35.8. The maximum Gasteiger partial charge on any atom is 0.472 e. The van der Waals surface area contributed by atoms with Crippen LogP contribution >= 0.6 is 7.82 Å². The second-order valence-corrected chi connectivity index (χ2v) is 17.9. The molecular formula is C44H89NO7P+. The maximum atomic E-state index is 12.6. The van der Waals surface area contributed by atoms with Crippen molar-refractivity contribution in [1.82, 2.24) is 0 Å². The Morgan fingerprint density at radius 3 is 1.43 bits per heavy atom. The van der Waals surface area contributed by atoms with E-state index in [2.05, 4.69) is 26.0 Å². The van der Waals surface area contributed by atoms with E-state index in [1.165, 1.54) is 154 Å². The molecule has 53 heavy (non-hydrogen) atoms. The van der Waals surface area contributed by atoms with Crippen molar-refractivity contribution in [2.45, 2.75) is 213 Å². The molecule has 0 saturated heterocycles. The van der Waals surface area contributed by atoms with Gasteiger partial charge in [0.15, 0.2) is 0 Å². The number of nitrogens with zero attached hydrogens (tertiary/aromatic N) is 1. The van der Waals surface area contributed by atoms with E-state index < -0.39 is 13.9 Å². The molecule has 0 fully saturated rings. The Hall–Kier alpha value is -0.760. The number of rotatable bonds is 42. The molecule has 0 spiro atoms. The minimum absolute atomic E-state index is 0.0914. The molecule has 0 amide bonds. The fourth-order valence-corrected chi connectivity index (χ4v) is 7.05. The van der Waals surface area contributed by atoms with Crippen LogP contribution in [0.15, 0.2) is 12.2 Å². The largest absolute Gasteiger partial charge is 0.472 e. The molecule has 0 radical (unpaired) electrons. The van der Waals surface area contributed by atoms with Gasteiger partial charge >= 0.3 is 13.8 Å². The lowest BCUT2D eigenvalue weighted by Gasteiger charge is -2.24. The van der Waals surface area contributed by atoms with Crippen LogP contribution in [-0.4, -0.2) is 75.6 Å². The first-order chi connectivity index (χ1) is 25.6. The molecule has 8 nitrogen and oxygen atoms in total. The highest BCUT2D eigenvalue weighted by Gasteiger charge is 2.26. The molecule has 316 valence electrons. The Morgan fingerprint density at radius 2 is 0.981 bits per heavy atom. The first kappa shape index (κ1) is 52.2. The number of hydrogen-bond donors (Lipinski definition) is 1. The predicted molar refractivity (Wildman–Crippen MR) is 224 cm³/mol. The summed E-state index contributed by atoms with van der Waals surface area (Å²) in [5.41, 5.74) is 0. The molecule has 9 heteroatoms. The van der Waals surface area contributed by atoms with Crippen LogP contribution in [0.3, 0.4) is 0 Å². The summed E-state index contributed by atoms with van der Waals surface area (Å²) >= 11 is 0. The molecule has 0 aromatic carbocycles. The van der Waals surface area contributed by atoms with Gasteiger partial charge in [-0.3, -0.25) is 13.8 Å². The van der Waals surface area contributed by atoms with Gasteiger partial charge in [-0.2, -0.15) is 0 Å². The average molecular weight is 775 g/mol. The number of ether oxygens (including phenoxy) is 2. The van der Waals surface area contributed by atoms with E-state index >= 15 is 0 Å². The molecule has 2 unspecified atom stereocenters. The Morgan fingerprint density at radius 1 is 0.566 bits per heavy atom. The van der Waals surface area contributed by atoms with Gasteiger partial charge in [0.25, 0.3) is 0 Å². The quantitative estimate of drug-likeness (QED) is 0.0217. The normalized spacial score (nSPS) is 13.8. The lowest BCUT2D eigenvalue weighted by molar-refractivity contribution is -0.870. The lowest BCUT2D eigenvalue weighted by atomic mass is 10.1. The SMILES string of the molecule is CCCCCCCCCC/C=C\CCCCCCCCCCCCOCC(COP(=O)(O)OCC[N+](C)(C)C)OC(=O)CCCCCCCCCCC. The highest BCUT2D eigenvalue weighted by molar-refractivity contribution is 7.47. The number of allylic oxidation sites excluding steroid dienone is 2. The topological polar surface area (TPSA) is 91.3 Å². The van der Waals surface area contributed by atoms with Crippen LogP contribution in [-0.2, 0) is 27.9 Å². The summed E-state index contributed by atoms with van der Waals surface area (Å²) in [5, 5.41) is 0. The van der Waals surface area contributed by atoms with Crippen molar-refractivity contribution in [3.63, 3.8) is 0 Å². The van der Waals surface area contributed by atoms with Crippen molar-refractivity contribution in [1.29, 1.82) is 0 Å². The monoisotopic (exact) mass is 775 g/mol. The van der Waals surface area contributed by atoms with Gasteiger partial charge < -0.3 is 18.9 Å². The summed E-state index contributed by atoms with van der Waals surface area (Å²) in [6.45, 7) is 5.63. The van der Waals surface area contributed by atoms with Gasteiger partial charge in [-0.25, -0.2) is 4.57 Å². The third kappa shape index (κ3) is 42.2. The molecule has 0 aliphatic heterocycles. The van der Waals surface area contributed by atoms with Crippen molar-refractivity contribution in [3.05, 3.63) is 12.2 Å². The Balaban J connectivity index is 4.05. The number of phosphoric ester groups is 1. The maximum absolute atomic E-state index is 12.6. The molecule has 0 heterocycles. The fourth-order valence-electron chi connectivity index (χ4n) is 6.31. The summed E-state index contributed by atoms with van der Waals surface area (Å²) in [6, 6.07) is 0. The van der Waals surface area contributed by atoms with E-state index in [-0.39, 0.29) is 25.8 Å². The zero-order chi connectivity index (χ0) is 39.1. The Bertz CT molecular complexity index is 863. The highest BCUT2D eigenvalue weighted by atomic mass is 31.2. The van der Waals surface area contributed by atoms with Crippen LogP contribution < -0.4 is 0 Å². The van der Waals surface area contributed by atoms with E-state index in [0.29, 0.717) is 24.1 Å². The number of esters is 1. The molecule has 2 atom stereocenters. The smallest absolute Gasteiger partial charge is 0.457 e. The summed E-state index contributed by atoms with van der Waals surface area (Å²) in [5.74, 6) is -0.315. The van der Waals surface area contributed by atoms with Crippen molar-refractivity contribution in [2.24, 2.45) is 0 Å². The molecule has 0 rings (SSSR count). The van der Waals surface area contributed by atoms with Crippen molar-refractivity contribution < 1.29 is 37.3 Å². The molecule has 0 aliphatic rings. The van der Waals surface area contributed by atoms with Gasteiger partial charge in [-0.05, 0) is 38.5 Å². The second-order valence-electron chi connectivity index (χ2n) is 16.4. The molecule has 0 saturated carbocycles. The number of carbonyl (C=O) groups excluding carboxylic acids is 1. The van der Waals surface area contributed by atoms with Gasteiger partial charge in [-0.1, -0.05) is 174 Å². The Labute approximate surface area is 329 Å². The van der Waals surface area contributed by atoms with E-state index in [1.54, 1.807) is 0 Å². The van der Waals surface area contributed by atoms with Gasteiger partial charge in [0.2, 0.25) is 0 Å². The lowest BCUT2D eigenvalue weighted by Crippen LogP contribution is -2.37. The standard InChI is InChI=1S/C44H88NO7P/c1-6-8-10-12-14-16-17-18-19-20-21-22-23-24-25-26-27-28-30-32-34-36-39-49-41-43(42-51-53(47,48)50-40-38-45(3,4)5)52-44(46)37-35-33-31-29-15-13-11-9-7-2/h20-21,43H,6-19,22-42H2,1-5H3/p+1/b21-20-. The third-order valence-electron chi connectivity index (χ3n) is 9.83. The summed E-state index contributed by atoms with van der Waals surface area (Å²) in [6.07, 6.45) is 41.1. The summed E-state index contributed by atoms with van der Waals surface area (Å²) in [7, 11) is 1.68. The Kier molecular flexibility index (Phi) is 37.6. The summed E-state index contributed by atoms with van der Waals surface area (Å²) < 4.78 is 34.9. The molecular weight excluding hydrogens is 685 g/mol. The minimum atomic E-state index is -4.26. The van der Waals surface area contributed by atoms with E-state index in [9.17, 15) is 14.3 Å².